The van der Waals surface area contributed by atoms with Crippen LogP contribution < -0.4 is 22.3 Å². The lowest BCUT2D eigenvalue weighted by atomic mass is 9.87. The Morgan fingerprint density at radius 2 is 1.88 bits per heavy atom. The fraction of sp³-hybridized carbons (Fsp3) is 0.304. The van der Waals surface area contributed by atoms with E-state index in [-0.39, 0.29) is 60.3 Å². The maximum Gasteiger partial charge on any atom is 0.293 e. The molecule has 0 unspecified atom stereocenters. The molecule has 0 atom stereocenters. The van der Waals surface area contributed by atoms with Gasteiger partial charge >= 0.3 is 0 Å². The largest absolute Gasteiger partial charge is 1.00 e. The summed E-state index contributed by atoms with van der Waals surface area (Å²) in [5.41, 5.74) is 2.09. The van der Waals surface area contributed by atoms with Crippen LogP contribution >= 0.6 is 11.8 Å². The molecule has 9 heteroatoms. The first-order chi connectivity index (χ1) is 14.6. The number of amides is 3. The first kappa shape index (κ1) is 25.4. The van der Waals surface area contributed by atoms with Gasteiger partial charge in [0.2, 0.25) is 12.7 Å². The van der Waals surface area contributed by atoms with Crippen LogP contribution in [0.5, 0.6) is 5.75 Å². The molecule has 0 radical (unpaired) electrons. The zero-order valence-electron chi connectivity index (χ0n) is 18.2. The molecule has 2 aromatic rings. The molecule has 1 aliphatic rings. The second-order valence-corrected chi connectivity index (χ2v) is 9.28. The number of carbonyl (C=O) groups is 3. The zero-order chi connectivity index (χ0) is 22.6. The quantitative estimate of drug-likeness (QED) is 0.447. The number of carbonyl (C=O) groups excluding carboxylic acids is 3. The van der Waals surface area contributed by atoms with Crippen molar-refractivity contribution >= 4 is 34.9 Å². The Balaban J connectivity index is 0.00000363. The number of hydrogen-bond acceptors (Lipinski definition) is 5. The summed E-state index contributed by atoms with van der Waals surface area (Å²) in [6, 6.07) is 11.1. The van der Waals surface area contributed by atoms with E-state index in [1.807, 2.05) is 24.3 Å². The number of imide groups is 1. The van der Waals surface area contributed by atoms with E-state index in [0.29, 0.717) is 4.91 Å². The number of nitrogens with zero attached hydrogens (tertiary/aromatic N) is 2. The maximum atomic E-state index is 12.6. The molecule has 1 saturated heterocycles. The number of aromatic hydroxyl groups is 1. The smallest absolute Gasteiger partial charge is 0.293 e. The van der Waals surface area contributed by atoms with Crippen LogP contribution in [0, 0.1) is 0 Å². The summed E-state index contributed by atoms with van der Waals surface area (Å²) in [7, 11) is 0. The molecule has 1 aromatic carbocycles. The van der Waals surface area contributed by atoms with E-state index >= 15 is 0 Å². The number of pyridine rings is 1. The molecule has 170 valence electrons. The highest BCUT2D eigenvalue weighted by atomic mass is 35.5. The Bertz CT molecular complexity index is 1030. The lowest BCUT2D eigenvalue weighted by Crippen LogP contribution is -3.00. The lowest BCUT2D eigenvalue weighted by Gasteiger charge is -2.18. The summed E-state index contributed by atoms with van der Waals surface area (Å²) in [5.74, 6) is -0.573. The molecular formula is C23H26ClN3O4S. The van der Waals surface area contributed by atoms with Crippen LogP contribution in [0.3, 0.4) is 0 Å². The first-order valence-electron chi connectivity index (χ1n) is 9.94. The number of halogens is 1. The Morgan fingerprint density at radius 3 is 2.50 bits per heavy atom. The predicted molar refractivity (Wildman–Crippen MR) is 119 cm³/mol. The van der Waals surface area contributed by atoms with Gasteiger partial charge in [-0.3, -0.25) is 19.3 Å². The molecule has 0 aliphatic carbocycles. The Hall–Kier alpha value is -2.84. The van der Waals surface area contributed by atoms with Crippen molar-refractivity contribution in [3.05, 3.63) is 64.8 Å². The molecule has 2 N–H and O–H groups in total. The number of hydrogen-bond donors (Lipinski definition) is 2. The average Bonchev–Trinajstić information content (AvgIpc) is 2.95. The van der Waals surface area contributed by atoms with Crippen molar-refractivity contribution in [2.45, 2.75) is 32.7 Å². The highest BCUT2D eigenvalue weighted by Gasteiger charge is 2.34. The number of thioether (sulfide) groups is 1. The molecule has 1 fully saturated rings. The first-order valence-corrected chi connectivity index (χ1v) is 10.8. The SMILES string of the molecule is CC(C)(C)c1ccc(/C=C2\SC(=O)N(CCNC(=O)C[n+]3cccc(O)c3)C2=O)cc1.[Cl-]. The van der Waals surface area contributed by atoms with E-state index in [0.717, 1.165) is 22.2 Å². The van der Waals surface area contributed by atoms with Gasteiger partial charge in [-0.25, -0.2) is 0 Å². The maximum absolute atomic E-state index is 12.6. The zero-order valence-corrected chi connectivity index (χ0v) is 19.7. The van der Waals surface area contributed by atoms with Crippen molar-refractivity contribution in [1.82, 2.24) is 10.2 Å². The Morgan fingerprint density at radius 1 is 1.19 bits per heavy atom. The molecule has 0 spiro atoms. The third-order valence-corrected chi connectivity index (χ3v) is 5.68. The molecule has 1 aliphatic heterocycles. The van der Waals surface area contributed by atoms with Gasteiger partial charge in [0.15, 0.2) is 11.9 Å². The van der Waals surface area contributed by atoms with E-state index in [2.05, 4.69) is 26.1 Å². The van der Waals surface area contributed by atoms with Crippen molar-refractivity contribution in [3.63, 3.8) is 0 Å². The van der Waals surface area contributed by atoms with Crippen LogP contribution in [0.1, 0.15) is 31.9 Å². The van der Waals surface area contributed by atoms with E-state index in [4.69, 9.17) is 0 Å². The number of nitrogens with one attached hydrogen (secondary N) is 1. The van der Waals surface area contributed by atoms with Gasteiger partial charge in [-0.1, -0.05) is 45.0 Å². The van der Waals surface area contributed by atoms with E-state index < -0.39 is 0 Å². The standard InChI is InChI=1S/C23H25N3O4S.ClH/c1-23(2,3)17-8-6-16(7-9-17)13-19-21(29)26(22(30)31-19)12-10-24-20(28)15-25-11-4-5-18(27)14-25;/h4-9,11,13-14H,10,12,15H2,1-3H3,(H-,24,27,28);1H/b19-13-;. The summed E-state index contributed by atoms with van der Waals surface area (Å²) in [6.45, 7) is 6.68. The third-order valence-electron chi connectivity index (χ3n) is 4.77. The monoisotopic (exact) mass is 475 g/mol. The lowest BCUT2D eigenvalue weighted by molar-refractivity contribution is -0.684. The molecule has 1 aromatic heterocycles. The van der Waals surface area contributed by atoms with Crippen LogP contribution in [0.25, 0.3) is 6.08 Å². The van der Waals surface area contributed by atoms with Gasteiger partial charge in [0.25, 0.3) is 17.1 Å². The summed E-state index contributed by atoms with van der Waals surface area (Å²) >= 11 is 0.903. The molecule has 3 rings (SSSR count). The fourth-order valence-corrected chi connectivity index (χ4v) is 3.92. The fourth-order valence-electron chi connectivity index (χ4n) is 3.06. The van der Waals surface area contributed by atoms with Crippen LogP contribution in [-0.4, -0.2) is 40.1 Å². The second kappa shape index (κ2) is 10.7. The molecule has 32 heavy (non-hydrogen) atoms. The summed E-state index contributed by atoms with van der Waals surface area (Å²) in [4.78, 5) is 38.4. The van der Waals surface area contributed by atoms with Gasteiger partial charge in [-0.15, -0.1) is 0 Å². The minimum absolute atomic E-state index is 0. The number of aromatic nitrogens is 1. The van der Waals surface area contributed by atoms with Gasteiger partial charge in [-0.2, -0.15) is 4.57 Å². The highest BCUT2D eigenvalue weighted by molar-refractivity contribution is 8.18. The van der Waals surface area contributed by atoms with E-state index in [1.165, 1.54) is 17.8 Å². The minimum atomic E-state index is -0.355. The van der Waals surface area contributed by atoms with Crippen molar-refractivity contribution in [3.8, 4) is 5.75 Å². The molecule has 3 amide bonds. The Kier molecular flexibility index (Phi) is 8.46. The summed E-state index contributed by atoms with van der Waals surface area (Å²) < 4.78 is 1.54. The van der Waals surface area contributed by atoms with Gasteiger partial charge < -0.3 is 22.8 Å². The summed E-state index contributed by atoms with van der Waals surface area (Å²) in [5, 5.41) is 11.8. The van der Waals surface area contributed by atoms with Crippen molar-refractivity contribution in [1.29, 1.82) is 0 Å². The molecule has 2 heterocycles. The highest BCUT2D eigenvalue weighted by Crippen LogP contribution is 2.32. The van der Waals surface area contributed by atoms with E-state index in [1.54, 1.807) is 22.9 Å². The Labute approximate surface area is 197 Å². The third kappa shape index (κ3) is 6.58. The van der Waals surface area contributed by atoms with Crippen LogP contribution in [0.4, 0.5) is 4.79 Å². The van der Waals surface area contributed by atoms with E-state index in [9.17, 15) is 19.5 Å². The van der Waals surface area contributed by atoms with Gasteiger partial charge in [0.05, 0.1) is 4.91 Å². The second-order valence-electron chi connectivity index (χ2n) is 8.29. The summed E-state index contributed by atoms with van der Waals surface area (Å²) in [6.07, 6.45) is 4.82. The number of rotatable bonds is 6. The topological polar surface area (TPSA) is 90.6 Å². The van der Waals surface area contributed by atoms with Crippen LogP contribution in [0.2, 0.25) is 0 Å². The van der Waals surface area contributed by atoms with Crippen molar-refractivity contribution < 1.29 is 36.5 Å². The van der Waals surface area contributed by atoms with Gasteiger partial charge in [0.1, 0.15) is 0 Å². The molecule has 7 nitrogen and oxygen atoms in total. The van der Waals surface area contributed by atoms with Crippen molar-refractivity contribution in [2.75, 3.05) is 13.1 Å². The van der Waals surface area contributed by atoms with Gasteiger partial charge in [-0.05, 0) is 40.4 Å². The van der Waals surface area contributed by atoms with Crippen molar-refractivity contribution in [2.24, 2.45) is 0 Å². The number of benzene rings is 1. The molecular weight excluding hydrogens is 450 g/mol. The predicted octanol–water partition coefficient (Wildman–Crippen LogP) is -0.166. The van der Waals surface area contributed by atoms with Crippen LogP contribution in [0.15, 0.2) is 53.7 Å². The molecule has 0 bridgehead atoms. The van der Waals surface area contributed by atoms with Gasteiger partial charge in [0, 0.05) is 19.2 Å². The normalized spacial score (nSPS) is 15.1. The van der Waals surface area contributed by atoms with Crippen LogP contribution in [-0.2, 0) is 21.5 Å². The minimum Gasteiger partial charge on any atom is -1.00 e. The molecule has 0 saturated carbocycles. The average molecular weight is 476 g/mol.